The molecule has 98 valence electrons. The summed E-state index contributed by atoms with van der Waals surface area (Å²) in [5.74, 6) is 0.865. The molecule has 0 radical (unpaired) electrons. The molecule has 3 N–H and O–H groups in total. The van der Waals surface area contributed by atoms with Gasteiger partial charge in [-0.15, -0.1) is 0 Å². The van der Waals surface area contributed by atoms with Gasteiger partial charge in [-0.1, -0.05) is 13.3 Å². The standard InChI is InChI=1S/C12H20N6/c1-4-5-10-11(13)12(18(3)16-10)14-8-9-6-7-17(2)15-9/h6-7,14H,4-5,8,13H2,1-3H3. The molecule has 18 heavy (non-hydrogen) atoms. The summed E-state index contributed by atoms with van der Waals surface area (Å²) in [4.78, 5) is 0. The molecule has 0 bridgehead atoms. The molecule has 2 aromatic rings. The van der Waals surface area contributed by atoms with E-state index in [0.29, 0.717) is 6.54 Å². The Morgan fingerprint density at radius 1 is 1.33 bits per heavy atom. The normalized spacial score (nSPS) is 10.8. The first-order chi connectivity index (χ1) is 8.61. The molecule has 0 amide bonds. The Labute approximate surface area is 107 Å². The number of nitrogens with two attached hydrogens (primary N) is 1. The number of nitrogen functional groups attached to an aromatic ring is 1. The van der Waals surface area contributed by atoms with Crippen molar-refractivity contribution in [3.8, 4) is 0 Å². The minimum atomic E-state index is 0.649. The number of aromatic nitrogens is 4. The van der Waals surface area contributed by atoms with Crippen LogP contribution in [-0.2, 0) is 27.1 Å². The zero-order valence-electron chi connectivity index (χ0n) is 11.1. The number of hydrogen-bond donors (Lipinski definition) is 2. The second-order valence-corrected chi connectivity index (χ2v) is 4.42. The average molecular weight is 248 g/mol. The van der Waals surface area contributed by atoms with E-state index >= 15 is 0 Å². The molecule has 0 atom stereocenters. The van der Waals surface area contributed by atoms with Gasteiger partial charge in [0.25, 0.3) is 0 Å². The summed E-state index contributed by atoms with van der Waals surface area (Å²) in [7, 11) is 3.80. The van der Waals surface area contributed by atoms with Crippen LogP contribution in [-0.4, -0.2) is 19.6 Å². The third-order valence-corrected chi connectivity index (χ3v) is 2.85. The van der Waals surface area contributed by atoms with E-state index in [4.69, 9.17) is 5.73 Å². The van der Waals surface area contributed by atoms with Crippen LogP contribution in [0.2, 0.25) is 0 Å². The Hall–Kier alpha value is -1.98. The summed E-state index contributed by atoms with van der Waals surface area (Å²) in [5, 5.41) is 12.0. The van der Waals surface area contributed by atoms with Crippen LogP contribution in [0.15, 0.2) is 12.3 Å². The fourth-order valence-electron chi connectivity index (χ4n) is 1.96. The number of rotatable bonds is 5. The van der Waals surface area contributed by atoms with Crippen molar-refractivity contribution >= 4 is 11.5 Å². The fourth-order valence-corrected chi connectivity index (χ4v) is 1.96. The highest BCUT2D eigenvalue weighted by Gasteiger charge is 2.12. The van der Waals surface area contributed by atoms with Crippen LogP contribution in [0.3, 0.4) is 0 Å². The van der Waals surface area contributed by atoms with Gasteiger partial charge in [-0.05, 0) is 12.5 Å². The molecule has 6 heteroatoms. The molecule has 2 heterocycles. The molecule has 0 saturated carbocycles. The quantitative estimate of drug-likeness (QED) is 0.836. The lowest BCUT2D eigenvalue weighted by molar-refractivity contribution is 0.727. The second kappa shape index (κ2) is 5.12. The first-order valence-electron chi connectivity index (χ1n) is 6.15. The predicted molar refractivity (Wildman–Crippen MR) is 72.2 cm³/mol. The van der Waals surface area contributed by atoms with Gasteiger partial charge in [0, 0.05) is 20.3 Å². The van der Waals surface area contributed by atoms with Gasteiger partial charge in [0.1, 0.15) is 5.82 Å². The van der Waals surface area contributed by atoms with Crippen molar-refractivity contribution in [1.29, 1.82) is 0 Å². The number of anilines is 2. The molecule has 2 rings (SSSR count). The maximum atomic E-state index is 6.09. The third kappa shape index (κ3) is 2.47. The van der Waals surface area contributed by atoms with Crippen LogP contribution in [0.25, 0.3) is 0 Å². The minimum Gasteiger partial charge on any atom is -0.394 e. The summed E-state index contributed by atoms with van der Waals surface area (Å²) >= 11 is 0. The SMILES string of the molecule is CCCc1nn(C)c(NCc2ccn(C)n2)c1N. The molecule has 0 saturated heterocycles. The van der Waals surface area contributed by atoms with Crippen molar-refractivity contribution in [2.45, 2.75) is 26.3 Å². The lowest BCUT2D eigenvalue weighted by atomic mass is 10.2. The summed E-state index contributed by atoms with van der Waals surface area (Å²) in [6, 6.07) is 1.98. The second-order valence-electron chi connectivity index (χ2n) is 4.42. The first-order valence-corrected chi connectivity index (χ1v) is 6.15. The van der Waals surface area contributed by atoms with E-state index in [9.17, 15) is 0 Å². The zero-order valence-corrected chi connectivity index (χ0v) is 11.1. The van der Waals surface area contributed by atoms with E-state index < -0.39 is 0 Å². The molecule has 0 aliphatic rings. The van der Waals surface area contributed by atoms with Gasteiger partial charge < -0.3 is 11.1 Å². The Balaban J connectivity index is 2.09. The largest absolute Gasteiger partial charge is 0.394 e. The molecule has 0 aliphatic heterocycles. The van der Waals surface area contributed by atoms with Crippen LogP contribution < -0.4 is 11.1 Å². The van der Waals surface area contributed by atoms with E-state index in [1.54, 1.807) is 9.36 Å². The van der Waals surface area contributed by atoms with Crippen LogP contribution in [0.1, 0.15) is 24.7 Å². The Kier molecular flexibility index (Phi) is 3.55. The molecule has 0 aromatic carbocycles. The van der Waals surface area contributed by atoms with Gasteiger partial charge in [0.2, 0.25) is 0 Å². The summed E-state index contributed by atoms with van der Waals surface area (Å²) in [5.41, 5.74) is 8.78. The summed E-state index contributed by atoms with van der Waals surface area (Å²) in [6.45, 7) is 2.77. The highest BCUT2D eigenvalue weighted by Crippen LogP contribution is 2.23. The van der Waals surface area contributed by atoms with Crippen molar-refractivity contribution in [2.75, 3.05) is 11.1 Å². The molecule has 6 nitrogen and oxygen atoms in total. The monoisotopic (exact) mass is 248 g/mol. The Morgan fingerprint density at radius 3 is 2.72 bits per heavy atom. The van der Waals surface area contributed by atoms with Crippen molar-refractivity contribution in [1.82, 2.24) is 19.6 Å². The van der Waals surface area contributed by atoms with Gasteiger partial charge in [0.05, 0.1) is 23.6 Å². The average Bonchev–Trinajstić information content (AvgIpc) is 2.84. The van der Waals surface area contributed by atoms with Crippen molar-refractivity contribution in [2.24, 2.45) is 14.1 Å². The van der Waals surface area contributed by atoms with Crippen molar-refractivity contribution in [3.05, 3.63) is 23.7 Å². The maximum Gasteiger partial charge on any atom is 0.148 e. The molecule has 0 spiro atoms. The number of hydrogen-bond acceptors (Lipinski definition) is 4. The molecule has 2 aromatic heterocycles. The van der Waals surface area contributed by atoms with E-state index in [0.717, 1.165) is 35.7 Å². The van der Waals surface area contributed by atoms with Gasteiger partial charge in [-0.25, -0.2) is 0 Å². The van der Waals surface area contributed by atoms with E-state index in [1.807, 2.05) is 26.4 Å². The number of nitrogens with one attached hydrogen (secondary N) is 1. The fraction of sp³-hybridized carbons (Fsp3) is 0.500. The van der Waals surface area contributed by atoms with Gasteiger partial charge in [-0.3, -0.25) is 9.36 Å². The number of nitrogens with zero attached hydrogens (tertiary/aromatic N) is 4. The lowest BCUT2D eigenvalue weighted by Crippen LogP contribution is -2.07. The third-order valence-electron chi connectivity index (χ3n) is 2.85. The van der Waals surface area contributed by atoms with Crippen LogP contribution in [0.5, 0.6) is 0 Å². The van der Waals surface area contributed by atoms with Gasteiger partial charge in [-0.2, -0.15) is 10.2 Å². The van der Waals surface area contributed by atoms with Crippen LogP contribution >= 0.6 is 0 Å². The number of aryl methyl sites for hydroxylation is 3. The van der Waals surface area contributed by atoms with E-state index in [2.05, 4.69) is 22.4 Å². The van der Waals surface area contributed by atoms with Gasteiger partial charge >= 0.3 is 0 Å². The molecule has 0 fully saturated rings. The van der Waals surface area contributed by atoms with Crippen LogP contribution in [0.4, 0.5) is 11.5 Å². The Morgan fingerprint density at radius 2 is 2.11 bits per heavy atom. The highest BCUT2D eigenvalue weighted by atomic mass is 15.3. The zero-order chi connectivity index (χ0) is 13.1. The molecule has 0 unspecified atom stereocenters. The Bertz CT molecular complexity index is 525. The highest BCUT2D eigenvalue weighted by molar-refractivity contribution is 5.65. The van der Waals surface area contributed by atoms with Crippen molar-refractivity contribution < 1.29 is 0 Å². The van der Waals surface area contributed by atoms with E-state index in [-0.39, 0.29) is 0 Å². The first kappa shape index (κ1) is 12.5. The van der Waals surface area contributed by atoms with Crippen LogP contribution in [0, 0.1) is 0 Å². The summed E-state index contributed by atoms with van der Waals surface area (Å²) in [6.07, 6.45) is 3.87. The summed E-state index contributed by atoms with van der Waals surface area (Å²) < 4.78 is 3.58. The molecular weight excluding hydrogens is 228 g/mol. The smallest absolute Gasteiger partial charge is 0.148 e. The maximum absolute atomic E-state index is 6.09. The molecular formula is C12H20N6. The predicted octanol–water partition coefficient (Wildman–Crippen LogP) is 1.30. The minimum absolute atomic E-state index is 0.649. The van der Waals surface area contributed by atoms with Crippen molar-refractivity contribution in [3.63, 3.8) is 0 Å². The topological polar surface area (TPSA) is 73.7 Å². The molecule has 0 aliphatic carbocycles. The van der Waals surface area contributed by atoms with Gasteiger partial charge in [0.15, 0.2) is 0 Å². The lowest BCUT2D eigenvalue weighted by Gasteiger charge is -2.05. The van der Waals surface area contributed by atoms with E-state index in [1.165, 1.54) is 0 Å².